The van der Waals surface area contributed by atoms with Crippen molar-refractivity contribution in [3.8, 4) is 11.8 Å². The molecule has 1 unspecified atom stereocenters. The lowest BCUT2D eigenvalue weighted by Crippen LogP contribution is -2.59. The molecule has 1 fully saturated rings. The van der Waals surface area contributed by atoms with E-state index >= 15 is 0 Å². The van der Waals surface area contributed by atoms with Crippen LogP contribution in [-0.4, -0.2) is 56.4 Å². The molecule has 216 valence electrons. The molecule has 0 N–H and O–H groups in total. The first-order valence-electron chi connectivity index (χ1n) is 12.5. The van der Waals surface area contributed by atoms with E-state index in [1.807, 2.05) is 0 Å². The van der Waals surface area contributed by atoms with Crippen LogP contribution >= 0.6 is 0 Å². The molecule has 2 aromatic rings. The van der Waals surface area contributed by atoms with Crippen molar-refractivity contribution >= 4 is 11.9 Å². The van der Waals surface area contributed by atoms with E-state index in [1.54, 1.807) is 6.92 Å². The summed E-state index contributed by atoms with van der Waals surface area (Å²) in [6.45, 7) is -2.07. The van der Waals surface area contributed by atoms with Gasteiger partial charge in [0.1, 0.15) is 5.75 Å². The van der Waals surface area contributed by atoms with Crippen LogP contribution in [0.3, 0.4) is 0 Å². The molecular formula is C28H29F5N2O5. The minimum Gasteiger partial charge on any atom is -0.466 e. The van der Waals surface area contributed by atoms with E-state index in [9.17, 15) is 36.8 Å². The first-order chi connectivity index (χ1) is 19.0. The van der Waals surface area contributed by atoms with E-state index < -0.39 is 47.2 Å². The van der Waals surface area contributed by atoms with Gasteiger partial charge in [0.05, 0.1) is 25.0 Å². The number of carbonyl (C=O) groups excluding carboxylic acids is 2. The monoisotopic (exact) mass is 568 g/mol. The number of piperidine rings is 1. The average molecular weight is 569 g/mol. The fraction of sp³-hybridized carbons (Fsp3) is 0.464. The summed E-state index contributed by atoms with van der Waals surface area (Å²) in [7, 11) is 0.805. The largest absolute Gasteiger partial charge is 0.466 e. The van der Waals surface area contributed by atoms with Crippen molar-refractivity contribution < 1.29 is 45.8 Å². The minimum atomic E-state index is -5.11. The highest BCUT2D eigenvalue weighted by Gasteiger charge is 2.64. The maximum atomic E-state index is 14.5. The summed E-state index contributed by atoms with van der Waals surface area (Å²) in [6.07, 6.45) is -5.62. The van der Waals surface area contributed by atoms with Gasteiger partial charge in [-0.3, -0.25) is 9.59 Å². The van der Waals surface area contributed by atoms with Gasteiger partial charge < -0.3 is 19.1 Å². The lowest BCUT2D eigenvalue weighted by molar-refractivity contribution is -0.271. The zero-order valence-electron chi connectivity index (χ0n) is 21.9. The third kappa shape index (κ3) is 6.04. The fourth-order valence-electron chi connectivity index (χ4n) is 5.31. The summed E-state index contributed by atoms with van der Waals surface area (Å²) >= 11 is 0. The van der Waals surface area contributed by atoms with Gasteiger partial charge in [-0.05, 0) is 25.8 Å². The average Bonchev–Trinajstić information content (AvgIpc) is 2.91. The number of alkyl halides is 5. The third-order valence-electron chi connectivity index (χ3n) is 7.22. The molecule has 2 aromatic carbocycles. The molecule has 0 saturated carbocycles. The molecule has 2 atom stereocenters. The summed E-state index contributed by atoms with van der Waals surface area (Å²) in [5, 5.41) is 10.2. The van der Waals surface area contributed by atoms with Crippen molar-refractivity contribution in [1.29, 1.82) is 5.26 Å². The Morgan fingerprint density at radius 1 is 1.05 bits per heavy atom. The number of hydrogen-bond donors (Lipinski definition) is 0. The van der Waals surface area contributed by atoms with Gasteiger partial charge in [-0.1, -0.05) is 48.5 Å². The van der Waals surface area contributed by atoms with E-state index in [-0.39, 0.29) is 50.3 Å². The Morgan fingerprint density at radius 3 is 2.17 bits per heavy atom. The number of likely N-dealkylation sites (tertiary alicyclic amines) is 1. The number of benzene rings is 2. The maximum Gasteiger partial charge on any atom is 0.430 e. The molecule has 1 amide bonds. The van der Waals surface area contributed by atoms with Crippen LogP contribution in [0.15, 0.2) is 54.6 Å². The van der Waals surface area contributed by atoms with E-state index in [2.05, 4.69) is 10.8 Å². The molecule has 1 aliphatic heterocycles. The minimum absolute atomic E-state index is 0.0425. The number of ether oxygens (including phenoxy) is 3. The topological polar surface area (TPSA) is 88.9 Å². The molecule has 0 aliphatic carbocycles. The van der Waals surface area contributed by atoms with Crippen LogP contribution in [0.4, 0.5) is 22.0 Å². The molecular weight excluding hydrogens is 539 g/mol. The van der Waals surface area contributed by atoms with Crippen molar-refractivity contribution in [2.75, 3.05) is 26.8 Å². The standard InChI is InChI=1S/C28H29F5N2O5/c1-3-39-23(36)17-26(21(18-34)20-11-7-8-12-22(20)40-25(29)30)13-15-35(16-14-26)24(37)27(38-2,28(31,32)33)19-9-5-4-6-10-19/h4-12,21,25H,3,13-17H2,1-2H3/t21?,27-/m1/s1. The van der Waals surface area contributed by atoms with Crippen molar-refractivity contribution in [2.24, 2.45) is 5.41 Å². The molecule has 12 heteroatoms. The van der Waals surface area contributed by atoms with Gasteiger partial charge in [-0.2, -0.15) is 27.2 Å². The number of nitriles is 1. The summed E-state index contributed by atoms with van der Waals surface area (Å²) in [4.78, 5) is 27.2. The Hall–Kier alpha value is -3.72. The van der Waals surface area contributed by atoms with Gasteiger partial charge in [0.25, 0.3) is 11.5 Å². The number of amides is 1. The molecule has 40 heavy (non-hydrogen) atoms. The number of hydrogen-bond acceptors (Lipinski definition) is 6. The van der Waals surface area contributed by atoms with Crippen LogP contribution < -0.4 is 4.74 Å². The van der Waals surface area contributed by atoms with Crippen LogP contribution in [0, 0.1) is 16.7 Å². The molecule has 0 bridgehead atoms. The second-order valence-corrected chi connectivity index (χ2v) is 9.36. The van der Waals surface area contributed by atoms with Crippen LogP contribution in [0.1, 0.15) is 43.2 Å². The predicted octanol–water partition coefficient (Wildman–Crippen LogP) is 5.56. The number of halogens is 5. The fourth-order valence-corrected chi connectivity index (χ4v) is 5.31. The van der Waals surface area contributed by atoms with Gasteiger partial charge >= 0.3 is 18.8 Å². The van der Waals surface area contributed by atoms with Gasteiger partial charge in [0, 0.05) is 36.7 Å². The van der Waals surface area contributed by atoms with E-state index in [0.717, 1.165) is 24.1 Å². The van der Waals surface area contributed by atoms with Gasteiger partial charge in [-0.15, -0.1) is 0 Å². The van der Waals surface area contributed by atoms with E-state index in [0.29, 0.717) is 0 Å². The van der Waals surface area contributed by atoms with Gasteiger partial charge in [-0.25, -0.2) is 0 Å². The summed E-state index contributed by atoms with van der Waals surface area (Å²) < 4.78 is 84.3. The SMILES string of the molecule is CCOC(=O)CC1(C(C#N)c2ccccc2OC(F)F)CCN(C(=O)[C@](OC)(c2ccccc2)C(F)(F)F)CC1. The van der Waals surface area contributed by atoms with E-state index in [4.69, 9.17) is 9.47 Å². The molecule has 7 nitrogen and oxygen atoms in total. The lowest BCUT2D eigenvalue weighted by Gasteiger charge is -2.46. The zero-order valence-corrected chi connectivity index (χ0v) is 21.9. The number of carbonyl (C=O) groups is 2. The number of rotatable bonds is 10. The van der Waals surface area contributed by atoms with Crippen molar-refractivity contribution in [3.63, 3.8) is 0 Å². The molecule has 1 saturated heterocycles. The second-order valence-electron chi connectivity index (χ2n) is 9.36. The Morgan fingerprint density at radius 2 is 1.65 bits per heavy atom. The molecule has 0 radical (unpaired) electrons. The quantitative estimate of drug-likeness (QED) is 0.276. The van der Waals surface area contributed by atoms with E-state index in [1.165, 1.54) is 42.5 Å². The number of esters is 1. The van der Waals surface area contributed by atoms with Crippen LogP contribution in [0.5, 0.6) is 5.75 Å². The number of para-hydroxylation sites is 1. The van der Waals surface area contributed by atoms with Crippen LogP contribution in [0.25, 0.3) is 0 Å². The highest BCUT2D eigenvalue weighted by molar-refractivity contribution is 5.88. The Kier molecular flexibility index (Phi) is 9.73. The zero-order chi connectivity index (χ0) is 29.6. The number of methoxy groups -OCH3 is 1. The highest BCUT2D eigenvalue weighted by Crippen LogP contribution is 2.51. The van der Waals surface area contributed by atoms with Crippen molar-refractivity contribution in [1.82, 2.24) is 4.90 Å². The first-order valence-corrected chi connectivity index (χ1v) is 12.5. The van der Waals surface area contributed by atoms with Gasteiger partial charge in [0.2, 0.25) is 0 Å². The second kappa shape index (κ2) is 12.6. The molecule has 1 heterocycles. The number of nitrogens with zero attached hydrogens (tertiary/aromatic N) is 2. The van der Waals surface area contributed by atoms with Gasteiger partial charge in [0.15, 0.2) is 0 Å². The van der Waals surface area contributed by atoms with Crippen LogP contribution in [0.2, 0.25) is 0 Å². The lowest BCUT2D eigenvalue weighted by atomic mass is 9.64. The molecule has 0 spiro atoms. The maximum absolute atomic E-state index is 14.5. The molecule has 1 aliphatic rings. The highest BCUT2D eigenvalue weighted by atomic mass is 19.4. The third-order valence-corrected chi connectivity index (χ3v) is 7.22. The Bertz CT molecular complexity index is 1210. The normalized spacial score (nSPS) is 17.4. The smallest absolute Gasteiger partial charge is 0.430 e. The van der Waals surface area contributed by atoms with Crippen LogP contribution in [-0.2, 0) is 24.7 Å². The summed E-state index contributed by atoms with van der Waals surface area (Å²) in [5.41, 5.74) is -4.83. The molecule has 0 aromatic heterocycles. The summed E-state index contributed by atoms with van der Waals surface area (Å²) in [5.74, 6) is -3.44. The summed E-state index contributed by atoms with van der Waals surface area (Å²) in [6, 6.07) is 14.3. The van der Waals surface area contributed by atoms with Crippen molar-refractivity contribution in [2.45, 2.75) is 50.5 Å². The predicted molar refractivity (Wildman–Crippen MR) is 132 cm³/mol. The van der Waals surface area contributed by atoms with Crippen molar-refractivity contribution in [3.05, 3.63) is 65.7 Å². The first kappa shape index (κ1) is 30.8. The molecule has 3 rings (SSSR count). The Labute approximate surface area is 228 Å². The Balaban J connectivity index is 2.01.